The van der Waals surface area contributed by atoms with Crippen molar-refractivity contribution in [2.75, 3.05) is 13.6 Å². The summed E-state index contributed by atoms with van der Waals surface area (Å²) in [4.78, 5) is 6.18. The summed E-state index contributed by atoms with van der Waals surface area (Å²) < 4.78 is 24.7. The highest BCUT2D eigenvalue weighted by atomic mass is 19.3. The van der Waals surface area contributed by atoms with Crippen molar-refractivity contribution in [2.24, 2.45) is 4.99 Å². The van der Waals surface area contributed by atoms with Crippen molar-refractivity contribution in [1.82, 2.24) is 4.90 Å². The Hall–Kier alpha value is -0.770. The van der Waals surface area contributed by atoms with Crippen LogP contribution in [-0.4, -0.2) is 43.2 Å². The highest BCUT2D eigenvalue weighted by Crippen LogP contribution is 2.25. The molecule has 2 heterocycles. The van der Waals surface area contributed by atoms with Gasteiger partial charge in [-0.1, -0.05) is 6.08 Å². The standard InChI is InChI=1S/C11H16F2N2/c1-15-6-2-3-10(15)8-4-5-9(11(12)13)14-7-8/h4,7,9-11H,2-3,5-6H2,1H3. The molecule has 0 radical (unpaired) electrons. The molecule has 2 aliphatic heterocycles. The molecule has 0 aromatic carbocycles. The molecule has 84 valence electrons. The van der Waals surface area contributed by atoms with Gasteiger partial charge in [0.25, 0.3) is 6.43 Å². The topological polar surface area (TPSA) is 15.6 Å². The van der Waals surface area contributed by atoms with Crippen molar-refractivity contribution in [2.45, 2.75) is 37.8 Å². The van der Waals surface area contributed by atoms with Gasteiger partial charge in [-0.15, -0.1) is 0 Å². The van der Waals surface area contributed by atoms with Gasteiger partial charge in [0, 0.05) is 12.3 Å². The molecule has 0 amide bonds. The van der Waals surface area contributed by atoms with E-state index in [1.54, 1.807) is 6.21 Å². The van der Waals surface area contributed by atoms with E-state index in [9.17, 15) is 8.78 Å². The summed E-state index contributed by atoms with van der Waals surface area (Å²) in [5.41, 5.74) is 1.12. The zero-order valence-electron chi connectivity index (χ0n) is 8.87. The predicted molar refractivity (Wildman–Crippen MR) is 56.6 cm³/mol. The number of halogens is 2. The van der Waals surface area contributed by atoms with E-state index in [4.69, 9.17) is 0 Å². The zero-order valence-corrected chi connectivity index (χ0v) is 8.87. The Morgan fingerprint density at radius 2 is 2.33 bits per heavy atom. The van der Waals surface area contributed by atoms with E-state index in [2.05, 4.69) is 16.9 Å². The number of rotatable bonds is 2. The van der Waals surface area contributed by atoms with Crippen LogP contribution in [0.4, 0.5) is 8.78 Å². The number of hydrogen-bond donors (Lipinski definition) is 0. The van der Waals surface area contributed by atoms with Gasteiger partial charge in [0.2, 0.25) is 0 Å². The van der Waals surface area contributed by atoms with Crippen LogP contribution in [-0.2, 0) is 0 Å². The molecule has 4 heteroatoms. The number of hydrogen-bond acceptors (Lipinski definition) is 2. The third-order valence-electron chi connectivity index (χ3n) is 3.21. The Morgan fingerprint density at radius 1 is 1.53 bits per heavy atom. The number of likely N-dealkylation sites (tertiary alicyclic amines) is 1. The van der Waals surface area contributed by atoms with Crippen LogP contribution in [0.5, 0.6) is 0 Å². The number of dihydropyridines is 1. The Balaban J connectivity index is 1.99. The summed E-state index contributed by atoms with van der Waals surface area (Å²) in [7, 11) is 2.07. The first-order chi connectivity index (χ1) is 7.18. The SMILES string of the molecule is CN1CCCC1C1=CCC(C(F)F)N=C1. The van der Waals surface area contributed by atoms with Crippen molar-refractivity contribution in [3.63, 3.8) is 0 Å². The molecule has 1 fully saturated rings. The van der Waals surface area contributed by atoms with Gasteiger partial charge in [0.1, 0.15) is 6.04 Å². The molecule has 0 spiro atoms. The molecule has 2 atom stereocenters. The normalized spacial score (nSPS) is 32.4. The zero-order chi connectivity index (χ0) is 10.8. The maximum absolute atomic E-state index is 12.3. The lowest BCUT2D eigenvalue weighted by Crippen LogP contribution is -2.29. The van der Waals surface area contributed by atoms with Gasteiger partial charge in [-0.3, -0.25) is 9.89 Å². The number of nitrogens with zero attached hydrogens (tertiary/aromatic N) is 2. The Kier molecular flexibility index (Phi) is 3.14. The lowest BCUT2D eigenvalue weighted by molar-refractivity contribution is 0.117. The summed E-state index contributed by atoms with van der Waals surface area (Å²) >= 11 is 0. The predicted octanol–water partition coefficient (Wildman–Crippen LogP) is 2.12. The molecule has 2 rings (SSSR count). The average Bonchev–Trinajstić information content (AvgIpc) is 2.65. The highest BCUT2D eigenvalue weighted by molar-refractivity contribution is 5.81. The van der Waals surface area contributed by atoms with Crippen LogP contribution in [0.1, 0.15) is 19.3 Å². The Labute approximate surface area is 88.7 Å². The van der Waals surface area contributed by atoms with Gasteiger partial charge in [-0.25, -0.2) is 8.78 Å². The third-order valence-corrected chi connectivity index (χ3v) is 3.21. The molecule has 0 aliphatic carbocycles. The fraction of sp³-hybridized carbons (Fsp3) is 0.727. The van der Waals surface area contributed by atoms with Crippen LogP contribution in [0.25, 0.3) is 0 Å². The quantitative estimate of drug-likeness (QED) is 0.687. The molecule has 2 unspecified atom stereocenters. The fourth-order valence-electron chi connectivity index (χ4n) is 2.27. The summed E-state index contributed by atoms with van der Waals surface area (Å²) in [5, 5.41) is 0. The van der Waals surface area contributed by atoms with E-state index in [0.29, 0.717) is 12.5 Å². The van der Waals surface area contributed by atoms with Gasteiger partial charge in [0.15, 0.2) is 0 Å². The second-order valence-electron chi connectivity index (χ2n) is 4.26. The summed E-state index contributed by atoms with van der Waals surface area (Å²) in [6, 6.07) is -0.423. The van der Waals surface area contributed by atoms with E-state index >= 15 is 0 Å². The summed E-state index contributed by atoms with van der Waals surface area (Å²) in [6.45, 7) is 1.09. The molecule has 1 saturated heterocycles. The van der Waals surface area contributed by atoms with Crippen molar-refractivity contribution >= 4 is 6.21 Å². The highest BCUT2D eigenvalue weighted by Gasteiger charge is 2.27. The maximum atomic E-state index is 12.3. The van der Waals surface area contributed by atoms with Gasteiger partial charge >= 0.3 is 0 Å². The van der Waals surface area contributed by atoms with Crippen LogP contribution in [0.2, 0.25) is 0 Å². The lowest BCUT2D eigenvalue weighted by atomic mass is 10.0. The average molecular weight is 214 g/mol. The molecule has 0 bridgehead atoms. The second kappa shape index (κ2) is 4.39. The van der Waals surface area contributed by atoms with Crippen molar-refractivity contribution in [3.8, 4) is 0 Å². The molecule has 2 aliphatic rings. The van der Waals surface area contributed by atoms with Gasteiger partial charge in [-0.2, -0.15) is 0 Å². The molecule has 2 nitrogen and oxygen atoms in total. The first kappa shape index (κ1) is 10.7. The van der Waals surface area contributed by atoms with E-state index < -0.39 is 12.5 Å². The lowest BCUT2D eigenvalue weighted by Gasteiger charge is -2.23. The van der Waals surface area contributed by atoms with Crippen molar-refractivity contribution < 1.29 is 8.78 Å². The third kappa shape index (κ3) is 2.25. The largest absolute Gasteiger partial charge is 0.299 e. The van der Waals surface area contributed by atoms with E-state index in [0.717, 1.165) is 18.5 Å². The van der Waals surface area contributed by atoms with Crippen LogP contribution in [0.3, 0.4) is 0 Å². The first-order valence-corrected chi connectivity index (χ1v) is 5.40. The van der Waals surface area contributed by atoms with Gasteiger partial charge < -0.3 is 0 Å². The molecular formula is C11H16F2N2. The minimum atomic E-state index is -2.33. The Bertz CT molecular complexity index is 286. The van der Waals surface area contributed by atoms with E-state index in [1.807, 2.05) is 6.08 Å². The maximum Gasteiger partial charge on any atom is 0.260 e. The monoisotopic (exact) mass is 214 g/mol. The summed E-state index contributed by atoms with van der Waals surface area (Å²) in [6.07, 6.45) is 3.93. The fourth-order valence-corrected chi connectivity index (χ4v) is 2.27. The van der Waals surface area contributed by atoms with Crippen LogP contribution in [0, 0.1) is 0 Å². The minimum absolute atomic E-state index is 0.383. The first-order valence-electron chi connectivity index (χ1n) is 5.40. The van der Waals surface area contributed by atoms with E-state index in [1.165, 1.54) is 6.42 Å². The molecule has 0 saturated carbocycles. The smallest absolute Gasteiger partial charge is 0.260 e. The molecule has 0 aromatic rings. The van der Waals surface area contributed by atoms with Gasteiger partial charge in [-0.05, 0) is 38.4 Å². The Morgan fingerprint density at radius 3 is 2.80 bits per heavy atom. The van der Waals surface area contributed by atoms with Crippen molar-refractivity contribution in [1.29, 1.82) is 0 Å². The number of aliphatic imine (C=N–C) groups is 1. The molecule has 0 N–H and O–H groups in total. The molecule has 0 aromatic heterocycles. The second-order valence-corrected chi connectivity index (χ2v) is 4.26. The van der Waals surface area contributed by atoms with Crippen LogP contribution >= 0.6 is 0 Å². The molecule has 15 heavy (non-hydrogen) atoms. The van der Waals surface area contributed by atoms with Crippen molar-refractivity contribution in [3.05, 3.63) is 11.6 Å². The molecular weight excluding hydrogens is 198 g/mol. The van der Waals surface area contributed by atoms with Gasteiger partial charge in [0.05, 0.1) is 0 Å². The number of likely N-dealkylation sites (N-methyl/N-ethyl adjacent to an activating group) is 1. The van der Waals surface area contributed by atoms with E-state index in [-0.39, 0.29) is 0 Å². The number of alkyl halides is 2. The summed E-state index contributed by atoms with van der Waals surface area (Å²) in [5.74, 6) is 0. The van der Waals surface area contributed by atoms with Crippen LogP contribution in [0.15, 0.2) is 16.6 Å². The minimum Gasteiger partial charge on any atom is -0.299 e. The van der Waals surface area contributed by atoms with Crippen LogP contribution < -0.4 is 0 Å².